The van der Waals surface area contributed by atoms with E-state index in [-0.39, 0.29) is 5.92 Å². The zero-order chi connectivity index (χ0) is 10.3. The fourth-order valence-electron chi connectivity index (χ4n) is 1.41. The van der Waals surface area contributed by atoms with Gasteiger partial charge in [-0.15, -0.1) is 0 Å². The molecule has 0 aliphatic heterocycles. The number of aromatic nitrogens is 2. The quantitative estimate of drug-likeness (QED) is 0.813. The largest absolute Gasteiger partial charge is 0.250 e. The summed E-state index contributed by atoms with van der Waals surface area (Å²) in [4.78, 5) is 8.19. The highest BCUT2D eigenvalue weighted by Crippen LogP contribution is 2.42. The number of halogens is 2. The molecule has 0 unspecified atom stereocenters. The van der Waals surface area contributed by atoms with Crippen molar-refractivity contribution in [2.24, 2.45) is 0 Å². The number of nitrogens with zero attached hydrogens (tertiary/aromatic N) is 2. The minimum atomic E-state index is -0.448. The first-order valence-electron chi connectivity index (χ1n) is 4.82. The van der Waals surface area contributed by atoms with Gasteiger partial charge in [0.15, 0.2) is 0 Å². The maximum Gasteiger partial charge on any atom is 0.235 e. The van der Waals surface area contributed by atoms with E-state index in [1.54, 1.807) is 0 Å². The maximum absolute atomic E-state index is 13.4. The smallest absolute Gasteiger partial charge is 0.235 e. The van der Waals surface area contributed by atoms with E-state index >= 15 is 0 Å². The highest BCUT2D eigenvalue weighted by molar-refractivity contribution is 9.10. The standard InChI is InChI=1S/C10H12BrFN2/c1-5(2)7-10(12)14-9(11)8(13-7)6-3-4-6/h5-6H,3-4H2,1-2H3. The topological polar surface area (TPSA) is 25.8 Å². The van der Waals surface area contributed by atoms with Gasteiger partial charge in [-0.25, -0.2) is 9.97 Å². The molecule has 1 heterocycles. The van der Waals surface area contributed by atoms with Gasteiger partial charge in [0.25, 0.3) is 0 Å². The summed E-state index contributed by atoms with van der Waals surface area (Å²) in [6.07, 6.45) is 2.30. The van der Waals surface area contributed by atoms with Crippen LogP contribution in [-0.2, 0) is 0 Å². The average molecular weight is 259 g/mol. The van der Waals surface area contributed by atoms with Crippen molar-refractivity contribution in [3.63, 3.8) is 0 Å². The molecule has 2 rings (SSSR count). The second-order valence-corrected chi connectivity index (χ2v) is 4.76. The van der Waals surface area contributed by atoms with E-state index in [0.717, 1.165) is 18.5 Å². The van der Waals surface area contributed by atoms with E-state index in [1.807, 2.05) is 13.8 Å². The molecule has 1 aliphatic rings. The molecule has 0 spiro atoms. The molecule has 0 saturated heterocycles. The summed E-state index contributed by atoms with van der Waals surface area (Å²) in [6, 6.07) is 0. The molecule has 0 radical (unpaired) electrons. The molecule has 0 bridgehead atoms. The Morgan fingerprint density at radius 1 is 1.36 bits per heavy atom. The van der Waals surface area contributed by atoms with Gasteiger partial charge in [-0.05, 0) is 28.8 Å². The maximum atomic E-state index is 13.4. The summed E-state index contributed by atoms with van der Waals surface area (Å²) in [5, 5.41) is 0. The lowest BCUT2D eigenvalue weighted by atomic mass is 10.1. The summed E-state index contributed by atoms with van der Waals surface area (Å²) >= 11 is 3.26. The molecular weight excluding hydrogens is 247 g/mol. The number of rotatable bonds is 2. The Bertz CT molecular complexity index is 338. The van der Waals surface area contributed by atoms with Crippen LogP contribution in [0, 0.1) is 5.95 Å². The Kier molecular flexibility index (Phi) is 2.56. The summed E-state index contributed by atoms with van der Waals surface area (Å²) in [6.45, 7) is 3.86. The van der Waals surface area contributed by atoms with E-state index in [0.29, 0.717) is 16.2 Å². The van der Waals surface area contributed by atoms with Gasteiger partial charge in [-0.3, -0.25) is 0 Å². The second kappa shape index (κ2) is 3.57. The van der Waals surface area contributed by atoms with Crippen molar-refractivity contribution in [1.29, 1.82) is 0 Å². The summed E-state index contributed by atoms with van der Waals surface area (Å²) in [5.41, 5.74) is 1.41. The number of hydrogen-bond acceptors (Lipinski definition) is 2. The highest BCUT2D eigenvalue weighted by atomic mass is 79.9. The molecule has 0 amide bonds. The fourth-order valence-corrected chi connectivity index (χ4v) is 1.97. The summed E-state index contributed by atoms with van der Waals surface area (Å²) in [5.74, 6) is 0.138. The highest BCUT2D eigenvalue weighted by Gasteiger charge is 2.29. The molecule has 76 valence electrons. The van der Waals surface area contributed by atoms with Gasteiger partial charge in [-0.2, -0.15) is 4.39 Å². The molecule has 0 N–H and O–H groups in total. The third-order valence-electron chi connectivity index (χ3n) is 2.37. The van der Waals surface area contributed by atoms with E-state index in [1.165, 1.54) is 0 Å². The Hall–Kier alpha value is -0.510. The lowest BCUT2D eigenvalue weighted by Gasteiger charge is -2.08. The van der Waals surface area contributed by atoms with Crippen molar-refractivity contribution in [3.8, 4) is 0 Å². The van der Waals surface area contributed by atoms with Gasteiger partial charge in [0, 0.05) is 11.8 Å². The Morgan fingerprint density at radius 3 is 2.50 bits per heavy atom. The van der Waals surface area contributed by atoms with Crippen molar-refractivity contribution >= 4 is 15.9 Å². The van der Waals surface area contributed by atoms with Crippen LogP contribution in [0.15, 0.2) is 4.60 Å². The van der Waals surface area contributed by atoms with E-state index < -0.39 is 5.95 Å². The lowest BCUT2D eigenvalue weighted by molar-refractivity contribution is 0.535. The predicted molar refractivity (Wildman–Crippen MR) is 55.8 cm³/mol. The predicted octanol–water partition coefficient (Wildman–Crippen LogP) is 3.38. The SMILES string of the molecule is CC(C)c1nc(C2CC2)c(Br)nc1F. The molecule has 4 heteroatoms. The lowest BCUT2D eigenvalue weighted by Crippen LogP contribution is -2.05. The van der Waals surface area contributed by atoms with Gasteiger partial charge in [-0.1, -0.05) is 13.8 Å². The van der Waals surface area contributed by atoms with Gasteiger partial charge in [0.05, 0.1) is 11.4 Å². The van der Waals surface area contributed by atoms with Crippen molar-refractivity contribution in [3.05, 3.63) is 21.9 Å². The van der Waals surface area contributed by atoms with E-state index in [4.69, 9.17) is 0 Å². The minimum Gasteiger partial charge on any atom is -0.250 e. The monoisotopic (exact) mass is 258 g/mol. The molecule has 1 aromatic rings. The van der Waals surface area contributed by atoms with Crippen LogP contribution in [0.1, 0.15) is 49.9 Å². The van der Waals surface area contributed by atoms with Crippen LogP contribution in [0.4, 0.5) is 4.39 Å². The Morgan fingerprint density at radius 2 is 2.00 bits per heavy atom. The van der Waals surface area contributed by atoms with Crippen LogP contribution < -0.4 is 0 Å². The molecule has 2 nitrogen and oxygen atoms in total. The third kappa shape index (κ3) is 1.80. The van der Waals surface area contributed by atoms with Crippen LogP contribution >= 0.6 is 15.9 Å². The summed E-state index contributed by atoms with van der Waals surface area (Å²) in [7, 11) is 0. The first-order valence-corrected chi connectivity index (χ1v) is 5.61. The minimum absolute atomic E-state index is 0.0908. The van der Waals surface area contributed by atoms with Crippen LogP contribution in [0.3, 0.4) is 0 Å². The molecule has 0 atom stereocenters. The van der Waals surface area contributed by atoms with Crippen molar-refractivity contribution < 1.29 is 4.39 Å². The first kappa shape index (κ1) is 10.0. The van der Waals surface area contributed by atoms with Crippen LogP contribution in [-0.4, -0.2) is 9.97 Å². The zero-order valence-corrected chi connectivity index (χ0v) is 9.81. The van der Waals surface area contributed by atoms with Gasteiger partial charge >= 0.3 is 0 Å². The molecular formula is C10H12BrFN2. The zero-order valence-electron chi connectivity index (χ0n) is 8.22. The van der Waals surface area contributed by atoms with Crippen LogP contribution in [0.5, 0.6) is 0 Å². The van der Waals surface area contributed by atoms with E-state index in [9.17, 15) is 4.39 Å². The molecule has 1 fully saturated rings. The van der Waals surface area contributed by atoms with Crippen molar-refractivity contribution in [2.45, 2.75) is 38.5 Å². The fraction of sp³-hybridized carbons (Fsp3) is 0.600. The van der Waals surface area contributed by atoms with Gasteiger partial charge in [0.2, 0.25) is 5.95 Å². The normalized spacial score (nSPS) is 16.4. The van der Waals surface area contributed by atoms with Crippen LogP contribution in [0.2, 0.25) is 0 Å². The van der Waals surface area contributed by atoms with Crippen molar-refractivity contribution in [1.82, 2.24) is 9.97 Å². The molecule has 1 saturated carbocycles. The third-order valence-corrected chi connectivity index (χ3v) is 2.95. The second-order valence-electron chi connectivity index (χ2n) is 4.00. The molecule has 1 aromatic heterocycles. The molecule has 0 aromatic carbocycles. The summed E-state index contributed by atoms with van der Waals surface area (Å²) < 4.78 is 13.9. The Balaban J connectivity index is 2.45. The van der Waals surface area contributed by atoms with Gasteiger partial charge < -0.3 is 0 Å². The average Bonchev–Trinajstić information content (AvgIpc) is 2.86. The molecule has 1 aliphatic carbocycles. The molecule has 14 heavy (non-hydrogen) atoms. The van der Waals surface area contributed by atoms with Gasteiger partial charge in [0.1, 0.15) is 4.60 Å². The van der Waals surface area contributed by atoms with Crippen molar-refractivity contribution in [2.75, 3.05) is 0 Å². The van der Waals surface area contributed by atoms with Crippen LogP contribution in [0.25, 0.3) is 0 Å². The number of hydrogen-bond donors (Lipinski definition) is 0. The Labute approximate surface area is 91.1 Å². The van der Waals surface area contributed by atoms with E-state index in [2.05, 4.69) is 25.9 Å². The first-order chi connectivity index (χ1) is 6.59.